The van der Waals surface area contributed by atoms with Gasteiger partial charge in [0, 0.05) is 18.1 Å². The fourth-order valence-corrected chi connectivity index (χ4v) is 2.60. The van der Waals surface area contributed by atoms with Gasteiger partial charge in [0.05, 0.1) is 0 Å². The molecule has 1 N–H and O–H groups in total. The number of rotatable bonds is 3. The first-order chi connectivity index (χ1) is 7.25. The van der Waals surface area contributed by atoms with E-state index in [1.807, 2.05) is 0 Å². The van der Waals surface area contributed by atoms with Crippen molar-refractivity contribution in [3.63, 3.8) is 0 Å². The van der Waals surface area contributed by atoms with E-state index in [0.717, 1.165) is 6.54 Å². The van der Waals surface area contributed by atoms with Crippen LogP contribution in [0.15, 0.2) is 0 Å². The molecule has 2 atom stereocenters. The zero-order valence-corrected chi connectivity index (χ0v) is 12.1. The van der Waals surface area contributed by atoms with Gasteiger partial charge in [-0.05, 0) is 45.7 Å². The van der Waals surface area contributed by atoms with Crippen LogP contribution >= 0.6 is 0 Å². The summed E-state index contributed by atoms with van der Waals surface area (Å²) in [5.74, 6) is 0. The Hall–Kier alpha value is -0.0800. The van der Waals surface area contributed by atoms with Crippen LogP contribution in [0.5, 0.6) is 0 Å². The van der Waals surface area contributed by atoms with E-state index in [-0.39, 0.29) is 0 Å². The Labute approximate surface area is 102 Å². The highest BCUT2D eigenvalue weighted by Gasteiger charge is 2.31. The van der Waals surface area contributed by atoms with Crippen molar-refractivity contribution >= 4 is 0 Å². The van der Waals surface area contributed by atoms with Crippen LogP contribution in [0, 0.1) is 5.41 Å². The number of nitrogens with zero attached hydrogens (tertiary/aromatic N) is 1. The zero-order valence-electron chi connectivity index (χ0n) is 12.1. The molecule has 1 saturated heterocycles. The van der Waals surface area contributed by atoms with E-state index in [1.165, 1.54) is 25.8 Å². The Morgan fingerprint density at radius 1 is 1.31 bits per heavy atom. The van der Waals surface area contributed by atoms with Crippen LogP contribution in [0.25, 0.3) is 0 Å². The third kappa shape index (κ3) is 3.74. The van der Waals surface area contributed by atoms with Crippen molar-refractivity contribution in [1.29, 1.82) is 0 Å². The van der Waals surface area contributed by atoms with E-state index in [1.54, 1.807) is 0 Å². The molecule has 2 heteroatoms. The predicted octanol–water partition coefficient (Wildman–Crippen LogP) is 2.89. The molecule has 0 spiro atoms. The van der Waals surface area contributed by atoms with E-state index in [4.69, 9.17) is 0 Å². The standard InChI is InChI=1S/C14H30N2/c1-12(13(2,3)4)16(6)11-14(5)9-7-8-10-15-14/h12,15H,7-11H2,1-6H3. The zero-order chi connectivity index (χ0) is 12.4. The summed E-state index contributed by atoms with van der Waals surface area (Å²) in [5, 5.41) is 3.69. The first-order valence-corrected chi connectivity index (χ1v) is 6.70. The Morgan fingerprint density at radius 2 is 1.94 bits per heavy atom. The molecule has 1 heterocycles. The molecule has 2 unspecified atom stereocenters. The molecule has 16 heavy (non-hydrogen) atoms. The third-order valence-electron chi connectivity index (χ3n) is 4.22. The van der Waals surface area contributed by atoms with Crippen LogP contribution in [0.4, 0.5) is 0 Å². The molecule has 1 aliphatic rings. The summed E-state index contributed by atoms with van der Waals surface area (Å²) in [4.78, 5) is 2.51. The van der Waals surface area contributed by atoms with Gasteiger partial charge in [0.2, 0.25) is 0 Å². The van der Waals surface area contributed by atoms with Crippen molar-refractivity contribution < 1.29 is 0 Å². The lowest BCUT2D eigenvalue weighted by molar-refractivity contribution is 0.0964. The average Bonchev–Trinajstić information content (AvgIpc) is 2.15. The van der Waals surface area contributed by atoms with E-state index in [9.17, 15) is 0 Å². The van der Waals surface area contributed by atoms with Gasteiger partial charge in [-0.1, -0.05) is 27.2 Å². The molecule has 2 nitrogen and oxygen atoms in total. The third-order valence-corrected chi connectivity index (χ3v) is 4.22. The molecule has 96 valence electrons. The van der Waals surface area contributed by atoms with Gasteiger partial charge in [-0.2, -0.15) is 0 Å². The van der Waals surface area contributed by atoms with Crippen LogP contribution in [-0.2, 0) is 0 Å². The molecular weight excluding hydrogens is 196 g/mol. The topological polar surface area (TPSA) is 15.3 Å². The molecule has 0 amide bonds. The Bertz CT molecular complexity index is 211. The summed E-state index contributed by atoms with van der Waals surface area (Å²) in [6.45, 7) is 14.0. The van der Waals surface area contributed by atoms with E-state index in [0.29, 0.717) is 17.0 Å². The second kappa shape index (κ2) is 5.05. The molecule has 0 bridgehead atoms. The maximum atomic E-state index is 3.69. The lowest BCUT2D eigenvalue weighted by Crippen LogP contribution is -2.55. The van der Waals surface area contributed by atoms with E-state index < -0.39 is 0 Å². The van der Waals surface area contributed by atoms with E-state index >= 15 is 0 Å². The molecule has 0 radical (unpaired) electrons. The van der Waals surface area contributed by atoms with Crippen LogP contribution in [0.2, 0.25) is 0 Å². The number of nitrogens with one attached hydrogen (secondary N) is 1. The van der Waals surface area contributed by atoms with Crippen LogP contribution in [0.1, 0.15) is 53.9 Å². The molecule has 1 rings (SSSR count). The van der Waals surface area contributed by atoms with Gasteiger partial charge in [0.1, 0.15) is 0 Å². The highest BCUT2D eigenvalue weighted by atomic mass is 15.2. The van der Waals surface area contributed by atoms with Crippen molar-refractivity contribution in [2.24, 2.45) is 5.41 Å². The second-order valence-corrected chi connectivity index (χ2v) is 6.90. The number of hydrogen-bond donors (Lipinski definition) is 1. The Kier molecular flexibility index (Phi) is 4.42. The van der Waals surface area contributed by atoms with Gasteiger partial charge in [-0.15, -0.1) is 0 Å². The molecule has 0 aromatic carbocycles. The first-order valence-electron chi connectivity index (χ1n) is 6.70. The van der Waals surface area contributed by atoms with Crippen molar-refractivity contribution in [2.45, 2.75) is 65.5 Å². The van der Waals surface area contributed by atoms with Crippen LogP contribution in [-0.4, -0.2) is 36.6 Å². The highest BCUT2D eigenvalue weighted by Crippen LogP contribution is 2.26. The van der Waals surface area contributed by atoms with Crippen molar-refractivity contribution in [3.8, 4) is 0 Å². The van der Waals surface area contributed by atoms with Gasteiger partial charge in [-0.25, -0.2) is 0 Å². The predicted molar refractivity (Wildman–Crippen MR) is 71.8 cm³/mol. The average molecular weight is 226 g/mol. The number of piperidine rings is 1. The molecule has 0 aromatic heterocycles. The summed E-state index contributed by atoms with van der Waals surface area (Å²) in [6.07, 6.45) is 4.03. The molecule has 1 fully saturated rings. The van der Waals surface area contributed by atoms with Crippen molar-refractivity contribution in [2.75, 3.05) is 20.1 Å². The SMILES string of the molecule is CC(N(C)CC1(C)CCCCN1)C(C)(C)C. The van der Waals surface area contributed by atoms with Crippen molar-refractivity contribution in [3.05, 3.63) is 0 Å². The van der Waals surface area contributed by atoms with Gasteiger partial charge in [0.15, 0.2) is 0 Å². The number of likely N-dealkylation sites (N-methyl/N-ethyl adjacent to an activating group) is 1. The second-order valence-electron chi connectivity index (χ2n) is 6.90. The molecular formula is C14H30N2. The van der Waals surface area contributed by atoms with Gasteiger partial charge >= 0.3 is 0 Å². The summed E-state index contributed by atoms with van der Waals surface area (Å²) >= 11 is 0. The van der Waals surface area contributed by atoms with Crippen LogP contribution < -0.4 is 5.32 Å². The fourth-order valence-electron chi connectivity index (χ4n) is 2.60. The van der Waals surface area contributed by atoms with Crippen molar-refractivity contribution in [1.82, 2.24) is 10.2 Å². The normalized spacial score (nSPS) is 29.4. The summed E-state index contributed by atoms with van der Waals surface area (Å²) in [7, 11) is 2.26. The Balaban J connectivity index is 2.52. The fraction of sp³-hybridized carbons (Fsp3) is 1.00. The van der Waals surface area contributed by atoms with E-state index in [2.05, 4.69) is 51.9 Å². The lowest BCUT2D eigenvalue weighted by atomic mass is 9.85. The highest BCUT2D eigenvalue weighted by molar-refractivity contribution is 4.91. The quantitative estimate of drug-likeness (QED) is 0.796. The van der Waals surface area contributed by atoms with Gasteiger partial charge in [-0.3, -0.25) is 0 Å². The lowest BCUT2D eigenvalue weighted by Gasteiger charge is -2.43. The molecule has 0 saturated carbocycles. The summed E-state index contributed by atoms with van der Waals surface area (Å²) in [6, 6.07) is 0.619. The molecule has 0 aromatic rings. The Morgan fingerprint density at radius 3 is 2.38 bits per heavy atom. The molecule has 0 aliphatic carbocycles. The summed E-state index contributed by atoms with van der Waals surface area (Å²) < 4.78 is 0. The number of hydrogen-bond acceptors (Lipinski definition) is 2. The minimum Gasteiger partial charge on any atom is -0.310 e. The maximum absolute atomic E-state index is 3.69. The van der Waals surface area contributed by atoms with Gasteiger partial charge in [0.25, 0.3) is 0 Å². The monoisotopic (exact) mass is 226 g/mol. The first kappa shape index (κ1) is 14.0. The van der Waals surface area contributed by atoms with Gasteiger partial charge < -0.3 is 10.2 Å². The smallest absolute Gasteiger partial charge is 0.0280 e. The minimum absolute atomic E-state index is 0.326. The van der Waals surface area contributed by atoms with Crippen LogP contribution in [0.3, 0.4) is 0 Å². The minimum atomic E-state index is 0.326. The maximum Gasteiger partial charge on any atom is 0.0280 e. The largest absolute Gasteiger partial charge is 0.310 e. The molecule has 1 aliphatic heterocycles. The summed E-state index contributed by atoms with van der Waals surface area (Å²) in [5.41, 5.74) is 0.687.